The van der Waals surface area contributed by atoms with Crippen molar-refractivity contribution >= 4 is 17.7 Å². The van der Waals surface area contributed by atoms with Gasteiger partial charge in [-0.2, -0.15) is 0 Å². The Bertz CT molecular complexity index is 623. The van der Waals surface area contributed by atoms with E-state index in [9.17, 15) is 9.59 Å². The molecule has 0 fully saturated rings. The van der Waals surface area contributed by atoms with Crippen molar-refractivity contribution < 1.29 is 19.4 Å². The fourth-order valence-corrected chi connectivity index (χ4v) is 2.64. The predicted molar refractivity (Wildman–Crippen MR) is 88.0 cm³/mol. The van der Waals surface area contributed by atoms with Gasteiger partial charge in [0.25, 0.3) is 0 Å². The summed E-state index contributed by atoms with van der Waals surface area (Å²) < 4.78 is 5.81. The maximum atomic E-state index is 12.1. The summed E-state index contributed by atoms with van der Waals surface area (Å²) in [7, 11) is 0. The van der Waals surface area contributed by atoms with Crippen molar-refractivity contribution in [2.45, 2.75) is 58.1 Å². The highest BCUT2D eigenvalue weighted by Gasteiger charge is 2.30. The van der Waals surface area contributed by atoms with E-state index in [4.69, 9.17) is 9.84 Å². The van der Waals surface area contributed by atoms with Gasteiger partial charge in [0.2, 0.25) is 0 Å². The molecule has 6 nitrogen and oxygen atoms in total. The number of fused-ring (bicyclic) bond motifs is 1. The first-order valence-corrected chi connectivity index (χ1v) is 7.69. The molecule has 0 bridgehead atoms. The van der Waals surface area contributed by atoms with Gasteiger partial charge in [-0.1, -0.05) is 0 Å². The lowest BCUT2D eigenvalue weighted by Gasteiger charge is -2.25. The van der Waals surface area contributed by atoms with Crippen LogP contribution in [0.4, 0.5) is 10.5 Å². The molecule has 0 saturated heterocycles. The van der Waals surface area contributed by atoms with E-state index >= 15 is 0 Å². The summed E-state index contributed by atoms with van der Waals surface area (Å²) in [5.41, 5.74) is 0.946. The zero-order valence-corrected chi connectivity index (χ0v) is 14.0. The highest BCUT2D eigenvalue weighted by Crippen LogP contribution is 2.36. The Kier molecular flexibility index (Phi) is 4.54. The Morgan fingerprint density at radius 3 is 2.70 bits per heavy atom. The molecule has 6 heteroatoms. The maximum Gasteiger partial charge on any atom is 0.319 e. The first kappa shape index (κ1) is 17.1. The summed E-state index contributed by atoms with van der Waals surface area (Å²) in [6.07, 6.45) is 1.17. The fraction of sp³-hybridized carbons (Fsp3) is 0.529. The lowest BCUT2D eigenvalue weighted by atomic mass is 9.99. The van der Waals surface area contributed by atoms with Crippen LogP contribution in [0.1, 0.15) is 46.1 Å². The first-order chi connectivity index (χ1) is 10.6. The van der Waals surface area contributed by atoms with E-state index in [1.165, 1.54) is 0 Å². The minimum absolute atomic E-state index is 0.0124. The molecule has 3 N–H and O–H groups in total. The number of hydrogen-bond acceptors (Lipinski definition) is 3. The van der Waals surface area contributed by atoms with Gasteiger partial charge in [-0.15, -0.1) is 0 Å². The molecule has 0 aliphatic carbocycles. The smallest absolute Gasteiger partial charge is 0.319 e. The van der Waals surface area contributed by atoms with Gasteiger partial charge in [-0.05, 0) is 52.3 Å². The Hall–Kier alpha value is -2.24. The van der Waals surface area contributed by atoms with Crippen LogP contribution in [0.3, 0.4) is 0 Å². The number of carboxylic acids is 1. The van der Waals surface area contributed by atoms with Gasteiger partial charge in [0.15, 0.2) is 0 Å². The van der Waals surface area contributed by atoms with Crippen LogP contribution < -0.4 is 15.4 Å². The van der Waals surface area contributed by atoms with Gasteiger partial charge < -0.3 is 20.5 Å². The van der Waals surface area contributed by atoms with Crippen LogP contribution in [0.5, 0.6) is 5.75 Å². The van der Waals surface area contributed by atoms with Crippen LogP contribution in [-0.2, 0) is 11.2 Å². The van der Waals surface area contributed by atoms with Crippen molar-refractivity contribution in [3.63, 3.8) is 0 Å². The molecule has 0 saturated carbocycles. The normalized spacial score (nSPS) is 15.5. The second kappa shape index (κ2) is 6.10. The number of nitrogens with one attached hydrogen (secondary N) is 2. The monoisotopic (exact) mass is 320 g/mol. The standard InChI is InChI=1S/C17H24N2O4/c1-16(2,8-7-14(20)21)19-15(22)18-12-5-6-13-11(9-12)10-17(3,4)23-13/h5-6,9H,7-8,10H2,1-4H3,(H,20,21)(H2,18,19,22). The van der Waals surface area contributed by atoms with Crippen LogP contribution >= 0.6 is 0 Å². The summed E-state index contributed by atoms with van der Waals surface area (Å²) in [6.45, 7) is 7.65. The number of aliphatic carboxylic acids is 1. The van der Waals surface area contributed by atoms with Crippen molar-refractivity contribution in [2.75, 3.05) is 5.32 Å². The maximum absolute atomic E-state index is 12.1. The molecule has 0 atom stereocenters. The minimum atomic E-state index is -0.874. The van der Waals surface area contributed by atoms with E-state index in [0.29, 0.717) is 12.1 Å². The lowest BCUT2D eigenvalue weighted by molar-refractivity contribution is -0.137. The molecule has 1 aliphatic heterocycles. The van der Waals surface area contributed by atoms with E-state index in [0.717, 1.165) is 17.7 Å². The summed E-state index contributed by atoms with van der Waals surface area (Å²) in [5, 5.41) is 14.3. The Labute approximate surface area is 136 Å². The van der Waals surface area contributed by atoms with Crippen LogP contribution in [0.15, 0.2) is 18.2 Å². The number of urea groups is 1. The summed E-state index contributed by atoms with van der Waals surface area (Å²) in [5.74, 6) is -0.0238. The quantitative estimate of drug-likeness (QED) is 0.777. The third-order valence-electron chi connectivity index (χ3n) is 3.74. The Morgan fingerprint density at radius 2 is 2.04 bits per heavy atom. The number of benzene rings is 1. The molecule has 1 aromatic rings. The molecular weight excluding hydrogens is 296 g/mol. The van der Waals surface area contributed by atoms with Gasteiger partial charge in [0, 0.05) is 29.6 Å². The number of amides is 2. The van der Waals surface area contributed by atoms with Crippen molar-refractivity contribution in [2.24, 2.45) is 0 Å². The van der Waals surface area contributed by atoms with Crippen LogP contribution in [0.2, 0.25) is 0 Å². The highest BCUT2D eigenvalue weighted by atomic mass is 16.5. The third-order valence-corrected chi connectivity index (χ3v) is 3.74. The van der Waals surface area contributed by atoms with Gasteiger partial charge in [0.05, 0.1) is 0 Å². The molecule has 126 valence electrons. The molecule has 0 spiro atoms. The highest BCUT2D eigenvalue weighted by molar-refractivity contribution is 5.90. The lowest BCUT2D eigenvalue weighted by Crippen LogP contribution is -2.45. The van der Waals surface area contributed by atoms with Crippen molar-refractivity contribution in [1.82, 2.24) is 5.32 Å². The fourth-order valence-electron chi connectivity index (χ4n) is 2.64. The van der Waals surface area contributed by atoms with E-state index in [2.05, 4.69) is 10.6 Å². The second-order valence-corrected chi connectivity index (χ2v) is 7.22. The van der Waals surface area contributed by atoms with Gasteiger partial charge in [-0.3, -0.25) is 4.79 Å². The average Bonchev–Trinajstić information content (AvgIpc) is 2.69. The summed E-state index contributed by atoms with van der Waals surface area (Å²) in [4.78, 5) is 22.7. The number of ether oxygens (including phenoxy) is 1. The van der Waals surface area contributed by atoms with Gasteiger partial charge in [0.1, 0.15) is 11.4 Å². The summed E-state index contributed by atoms with van der Waals surface area (Å²) in [6, 6.07) is 5.21. The van der Waals surface area contributed by atoms with Crippen molar-refractivity contribution in [1.29, 1.82) is 0 Å². The molecule has 23 heavy (non-hydrogen) atoms. The zero-order chi connectivity index (χ0) is 17.3. The van der Waals surface area contributed by atoms with Gasteiger partial charge >= 0.3 is 12.0 Å². The molecular formula is C17H24N2O4. The van der Waals surface area contributed by atoms with E-state index in [1.807, 2.05) is 26.0 Å². The van der Waals surface area contributed by atoms with Crippen molar-refractivity contribution in [3.05, 3.63) is 23.8 Å². The predicted octanol–water partition coefficient (Wildman–Crippen LogP) is 3.17. The molecule has 1 heterocycles. The second-order valence-electron chi connectivity index (χ2n) is 7.22. The van der Waals surface area contributed by atoms with E-state index in [-0.39, 0.29) is 18.1 Å². The number of rotatable bonds is 5. The van der Waals surface area contributed by atoms with Gasteiger partial charge in [-0.25, -0.2) is 4.79 Å². The molecule has 2 amide bonds. The van der Waals surface area contributed by atoms with E-state index in [1.54, 1.807) is 19.9 Å². The first-order valence-electron chi connectivity index (χ1n) is 7.69. The van der Waals surface area contributed by atoms with Crippen molar-refractivity contribution in [3.8, 4) is 5.75 Å². The Morgan fingerprint density at radius 1 is 1.35 bits per heavy atom. The molecule has 0 unspecified atom stereocenters. The number of hydrogen-bond donors (Lipinski definition) is 3. The SMILES string of the molecule is CC(C)(CCC(=O)O)NC(=O)Nc1ccc2c(c1)CC(C)(C)O2. The number of carbonyl (C=O) groups excluding carboxylic acids is 1. The van der Waals surface area contributed by atoms with Crippen LogP contribution in [-0.4, -0.2) is 28.2 Å². The zero-order valence-electron chi connectivity index (χ0n) is 14.0. The molecule has 1 aromatic carbocycles. The third kappa shape index (κ3) is 4.87. The van der Waals surface area contributed by atoms with E-state index < -0.39 is 11.5 Å². The molecule has 1 aliphatic rings. The molecule has 2 rings (SSSR count). The van der Waals surface area contributed by atoms with Crippen LogP contribution in [0, 0.1) is 0 Å². The topological polar surface area (TPSA) is 87.7 Å². The molecule has 0 radical (unpaired) electrons. The number of carbonyl (C=O) groups is 2. The molecule has 0 aromatic heterocycles. The van der Waals surface area contributed by atoms with Crippen LogP contribution in [0.25, 0.3) is 0 Å². The Balaban J connectivity index is 1.95. The largest absolute Gasteiger partial charge is 0.487 e. The average molecular weight is 320 g/mol. The number of carboxylic acid groups (broad SMARTS) is 1. The number of anilines is 1. The summed E-state index contributed by atoms with van der Waals surface area (Å²) >= 11 is 0. The minimum Gasteiger partial charge on any atom is -0.487 e.